The Morgan fingerprint density at radius 2 is 1.96 bits per heavy atom. The summed E-state index contributed by atoms with van der Waals surface area (Å²) >= 11 is 1.46. The van der Waals surface area contributed by atoms with Crippen LogP contribution in [0.2, 0.25) is 0 Å². The van der Waals surface area contributed by atoms with Gasteiger partial charge in [0.15, 0.2) is 0 Å². The normalized spacial score (nSPS) is 11.4. The molecule has 2 aromatic carbocycles. The van der Waals surface area contributed by atoms with Gasteiger partial charge in [0.2, 0.25) is 0 Å². The second-order valence-corrected chi connectivity index (χ2v) is 7.29. The van der Waals surface area contributed by atoms with Crippen LogP contribution in [-0.2, 0) is 10.0 Å². The van der Waals surface area contributed by atoms with Crippen molar-refractivity contribution >= 4 is 27.0 Å². The lowest BCUT2D eigenvalue weighted by Gasteiger charge is -2.11. The first kappa shape index (κ1) is 15.6. The lowest BCUT2D eigenvalue weighted by Crippen LogP contribution is -2.14. The Bertz CT molecular complexity index is 938. The molecule has 0 unspecified atom stereocenters. The van der Waals surface area contributed by atoms with Crippen molar-refractivity contribution in [2.45, 2.75) is 11.8 Å². The summed E-state index contributed by atoms with van der Waals surface area (Å²) in [7, 11) is -3.86. The molecule has 118 valence electrons. The fourth-order valence-corrected chi connectivity index (χ4v) is 4.05. The number of nitrogens with one attached hydrogen (secondary N) is 1. The molecule has 0 fully saturated rings. The number of hydrogen-bond donors (Lipinski definition) is 1. The van der Waals surface area contributed by atoms with Gasteiger partial charge in [-0.1, -0.05) is 18.2 Å². The molecule has 0 bridgehead atoms. The second kappa shape index (κ2) is 6.10. The minimum atomic E-state index is -3.86. The van der Waals surface area contributed by atoms with E-state index in [1.54, 1.807) is 23.7 Å². The van der Waals surface area contributed by atoms with Crippen LogP contribution >= 0.6 is 11.3 Å². The summed E-state index contributed by atoms with van der Waals surface area (Å²) in [5, 5.41) is 1.88. The van der Waals surface area contributed by atoms with E-state index in [0.717, 1.165) is 11.3 Å². The van der Waals surface area contributed by atoms with E-state index in [-0.39, 0.29) is 10.5 Å². The van der Waals surface area contributed by atoms with E-state index in [1.807, 2.05) is 11.4 Å². The lowest BCUT2D eigenvalue weighted by atomic mass is 10.1. The van der Waals surface area contributed by atoms with Crippen LogP contribution in [0.1, 0.15) is 5.56 Å². The molecule has 0 aliphatic rings. The third-order valence-electron chi connectivity index (χ3n) is 3.35. The summed E-state index contributed by atoms with van der Waals surface area (Å²) in [5.74, 6) is -0.552. The molecule has 0 aliphatic carbocycles. The van der Waals surface area contributed by atoms with Crippen LogP contribution in [0, 0.1) is 12.7 Å². The minimum absolute atomic E-state index is 0.0726. The molecular formula is C16H13FN2O2S2. The lowest BCUT2D eigenvalue weighted by molar-refractivity contribution is 0.590. The summed E-state index contributed by atoms with van der Waals surface area (Å²) in [5.41, 5.74) is 3.79. The third kappa shape index (κ3) is 3.25. The summed E-state index contributed by atoms with van der Waals surface area (Å²) in [6.07, 6.45) is 0. The summed E-state index contributed by atoms with van der Waals surface area (Å²) in [6.45, 7) is 1.44. The van der Waals surface area contributed by atoms with Crippen LogP contribution in [0.5, 0.6) is 0 Å². The minimum Gasteiger partial charge on any atom is -0.280 e. The molecule has 3 aromatic rings. The molecule has 0 aliphatic heterocycles. The van der Waals surface area contributed by atoms with E-state index < -0.39 is 15.8 Å². The molecular weight excluding hydrogens is 335 g/mol. The number of benzene rings is 2. The first-order valence-electron chi connectivity index (χ1n) is 6.74. The van der Waals surface area contributed by atoms with Gasteiger partial charge in [0.05, 0.1) is 16.1 Å². The van der Waals surface area contributed by atoms with Crippen molar-refractivity contribution in [1.82, 2.24) is 4.98 Å². The average Bonchev–Trinajstić information content (AvgIpc) is 3.04. The average molecular weight is 348 g/mol. The van der Waals surface area contributed by atoms with Gasteiger partial charge in [-0.25, -0.2) is 17.8 Å². The van der Waals surface area contributed by atoms with Crippen LogP contribution < -0.4 is 4.72 Å². The third-order valence-corrected chi connectivity index (χ3v) is 5.46. The first-order valence-corrected chi connectivity index (χ1v) is 9.16. The Kier molecular flexibility index (Phi) is 4.14. The number of halogens is 1. The highest BCUT2D eigenvalue weighted by atomic mass is 32.2. The van der Waals surface area contributed by atoms with Gasteiger partial charge < -0.3 is 0 Å². The van der Waals surface area contributed by atoms with Gasteiger partial charge >= 0.3 is 0 Å². The fourth-order valence-electron chi connectivity index (χ4n) is 2.19. The molecule has 0 atom stereocenters. The van der Waals surface area contributed by atoms with Crippen LogP contribution in [-0.4, -0.2) is 13.4 Å². The van der Waals surface area contributed by atoms with E-state index in [1.165, 1.54) is 36.5 Å². The van der Waals surface area contributed by atoms with Gasteiger partial charge in [-0.05, 0) is 31.2 Å². The van der Waals surface area contributed by atoms with Crippen molar-refractivity contribution in [3.8, 4) is 11.3 Å². The molecule has 1 aromatic heterocycles. The first-order chi connectivity index (χ1) is 11.0. The molecule has 7 heteroatoms. The van der Waals surface area contributed by atoms with Crippen molar-refractivity contribution in [2.24, 2.45) is 0 Å². The van der Waals surface area contributed by atoms with Gasteiger partial charge in [-0.2, -0.15) is 0 Å². The quantitative estimate of drug-likeness (QED) is 0.773. The Morgan fingerprint density at radius 3 is 2.70 bits per heavy atom. The maximum Gasteiger partial charge on any atom is 0.262 e. The fraction of sp³-hybridized carbons (Fsp3) is 0.0625. The van der Waals surface area contributed by atoms with Crippen molar-refractivity contribution in [3.63, 3.8) is 0 Å². The van der Waals surface area contributed by atoms with E-state index in [4.69, 9.17) is 0 Å². The molecule has 1 heterocycles. The Balaban J connectivity index is 1.95. The van der Waals surface area contributed by atoms with Crippen LogP contribution in [0.15, 0.2) is 58.3 Å². The van der Waals surface area contributed by atoms with E-state index in [2.05, 4.69) is 9.71 Å². The number of thiazole rings is 1. The standard InChI is InChI=1S/C16H13FN2O2S2/c1-11-14(17)6-3-7-16(11)23(20,21)19-13-5-2-4-12(8-13)15-9-22-10-18-15/h2-10,19H,1H3. The van der Waals surface area contributed by atoms with Crippen molar-refractivity contribution in [2.75, 3.05) is 4.72 Å². The van der Waals surface area contributed by atoms with Crippen LogP contribution in [0.3, 0.4) is 0 Å². The molecule has 0 spiro atoms. The largest absolute Gasteiger partial charge is 0.280 e. The zero-order chi connectivity index (χ0) is 16.4. The Hall–Kier alpha value is -2.25. The highest BCUT2D eigenvalue weighted by Crippen LogP contribution is 2.25. The Morgan fingerprint density at radius 1 is 1.17 bits per heavy atom. The van der Waals surface area contributed by atoms with Crippen LogP contribution in [0.4, 0.5) is 10.1 Å². The van der Waals surface area contributed by atoms with Crippen molar-refractivity contribution < 1.29 is 12.8 Å². The highest BCUT2D eigenvalue weighted by molar-refractivity contribution is 7.92. The topological polar surface area (TPSA) is 59.1 Å². The van der Waals surface area contributed by atoms with E-state index >= 15 is 0 Å². The number of nitrogens with zero attached hydrogens (tertiary/aromatic N) is 1. The number of aromatic nitrogens is 1. The maximum absolute atomic E-state index is 13.6. The molecule has 0 amide bonds. The summed E-state index contributed by atoms with van der Waals surface area (Å²) in [6, 6.07) is 10.9. The molecule has 4 nitrogen and oxygen atoms in total. The van der Waals surface area contributed by atoms with Gasteiger partial charge in [-0.3, -0.25) is 4.72 Å². The molecule has 0 saturated heterocycles. The van der Waals surface area contributed by atoms with Gasteiger partial charge in [0.1, 0.15) is 5.82 Å². The number of rotatable bonds is 4. The zero-order valence-corrected chi connectivity index (χ0v) is 13.8. The predicted molar refractivity (Wildman–Crippen MR) is 89.5 cm³/mol. The van der Waals surface area contributed by atoms with Crippen molar-refractivity contribution in [1.29, 1.82) is 0 Å². The zero-order valence-electron chi connectivity index (χ0n) is 12.2. The Labute approximate surface area is 137 Å². The maximum atomic E-state index is 13.6. The molecule has 0 saturated carbocycles. The van der Waals surface area contributed by atoms with Crippen LogP contribution in [0.25, 0.3) is 11.3 Å². The monoisotopic (exact) mass is 348 g/mol. The predicted octanol–water partition coefficient (Wildman–Crippen LogP) is 4.06. The number of hydrogen-bond acceptors (Lipinski definition) is 4. The van der Waals surface area contributed by atoms with E-state index in [9.17, 15) is 12.8 Å². The van der Waals surface area contributed by atoms with E-state index in [0.29, 0.717) is 5.69 Å². The molecule has 3 rings (SSSR count). The number of sulfonamides is 1. The van der Waals surface area contributed by atoms with Gasteiger partial charge in [0, 0.05) is 22.2 Å². The van der Waals surface area contributed by atoms with Gasteiger partial charge in [0.25, 0.3) is 10.0 Å². The smallest absolute Gasteiger partial charge is 0.262 e. The summed E-state index contributed by atoms with van der Waals surface area (Å²) in [4.78, 5) is 4.13. The molecule has 23 heavy (non-hydrogen) atoms. The second-order valence-electron chi connectivity index (χ2n) is 4.92. The highest BCUT2D eigenvalue weighted by Gasteiger charge is 2.19. The molecule has 1 N–H and O–H groups in total. The SMILES string of the molecule is Cc1c(F)cccc1S(=O)(=O)Nc1cccc(-c2cscn2)c1. The van der Waals surface area contributed by atoms with Crippen molar-refractivity contribution in [3.05, 3.63) is 64.7 Å². The van der Waals surface area contributed by atoms with Gasteiger partial charge in [-0.15, -0.1) is 11.3 Å². The molecule has 0 radical (unpaired) electrons. The number of anilines is 1. The summed E-state index contributed by atoms with van der Waals surface area (Å²) < 4.78 is 41.0.